The minimum Gasteiger partial charge on any atom is -0.359 e. The van der Waals surface area contributed by atoms with Gasteiger partial charge in [-0.25, -0.2) is 9.97 Å². The van der Waals surface area contributed by atoms with Crippen molar-refractivity contribution in [2.75, 3.05) is 0 Å². The van der Waals surface area contributed by atoms with Crippen molar-refractivity contribution in [1.29, 1.82) is 0 Å². The van der Waals surface area contributed by atoms with E-state index < -0.39 is 0 Å². The molecular formula is C16H11ClN4O. The third-order valence-electron chi connectivity index (χ3n) is 3.46. The van der Waals surface area contributed by atoms with Crippen LogP contribution in [0.25, 0.3) is 22.3 Å². The fourth-order valence-electron chi connectivity index (χ4n) is 2.40. The van der Waals surface area contributed by atoms with E-state index in [4.69, 9.17) is 16.1 Å². The van der Waals surface area contributed by atoms with Crippen LogP contribution in [0.3, 0.4) is 0 Å². The van der Waals surface area contributed by atoms with Gasteiger partial charge in [-0.2, -0.15) is 0 Å². The van der Waals surface area contributed by atoms with Crippen molar-refractivity contribution in [2.24, 2.45) is 0 Å². The second kappa shape index (κ2) is 5.27. The molecule has 0 aliphatic rings. The Bertz CT molecular complexity index is 930. The molecule has 3 heterocycles. The minimum atomic E-state index is 0.450. The van der Waals surface area contributed by atoms with Gasteiger partial charge in [0.25, 0.3) is 0 Å². The normalized spacial score (nSPS) is 11.1. The molecule has 6 heteroatoms. The predicted molar refractivity (Wildman–Crippen MR) is 83.6 cm³/mol. The number of rotatable bonds is 3. The van der Waals surface area contributed by atoms with Crippen LogP contribution in [-0.4, -0.2) is 19.7 Å². The summed E-state index contributed by atoms with van der Waals surface area (Å²) in [6.07, 6.45) is 3.37. The molecule has 0 fully saturated rings. The van der Waals surface area contributed by atoms with Gasteiger partial charge in [-0.1, -0.05) is 47.1 Å². The van der Waals surface area contributed by atoms with Crippen LogP contribution in [-0.2, 0) is 6.54 Å². The molecule has 4 rings (SSSR count). The zero-order valence-electron chi connectivity index (χ0n) is 11.5. The zero-order valence-corrected chi connectivity index (χ0v) is 12.2. The quantitative estimate of drug-likeness (QED) is 0.540. The number of aromatic nitrogens is 4. The van der Waals surface area contributed by atoms with E-state index in [1.54, 1.807) is 0 Å². The van der Waals surface area contributed by atoms with Crippen LogP contribution in [0.1, 0.15) is 5.76 Å². The highest BCUT2D eigenvalue weighted by Gasteiger charge is 2.10. The maximum absolute atomic E-state index is 6.06. The summed E-state index contributed by atoms with van der Waals surface area (Å²) in [5.74, 6) is 0.756. The van der Waals surface area contributed by atoms with E-state index in [-0.39, 0.29) is 0 Å². The summed E-state index contributed by atoms with van der Waals surface area (Å²) in [6, 6.07) is 13.7. The number of hydrogen-bond donors (Lipinski definition) is 0. The topological polar surface area (TPSA) is 56.7 Å². The first-order valence-corrected chi connectivity index (χ1v) is 7.15. The summed E-state index contributed by atoms with van der Waals surface area (Å²) >= 11 is 6.06. The summed E-state index contributed by atoms with van der Waals surface area (Å²) < 4.78 is 7.38. The van der Waals surface area contributed by atoms with Crippen molar-refractivity contribution in [2.45, 2.75) is 6.54 Å². The molecular weight excluding hydrogens is 300 g/mol. The van der Waals surface area contributed by atoms with E-state index in [0.717, 1.165) is 28.1 Å². The van der Waals surface area contributed by atoms with Gasteiger partial charge < -0.3 is 9.09 Å². The van der Waals surface area contributed by atoms with Gasteiger partial charge in [-0.15, -0.1) is 0 Å². The van der Waals surface area contributed by atoms with Gasteiger partial charge in [0.15, 0.2) is 5.76 Å². The summed E-state index contributed by atoms with van der Waals surface area (Å²) in [6.45, 7) is 0.538. The van der Waals surface area contributed by atoms with Gasteiger partial charge in [0.1, 0.15) is 22.8 Å². The van der Waals surface area contributed by atoms with Crippen molar-refractivity contribution in [1.82, 2.24) is 19.7 Å². The van der Waals surface area contributed by atoms with Crippen LogP contribution in [0.2, 0.25) is 5.15 Å². The smallest absolute Gasteiger partial charge is 0.157 e. The van der Waals surface area contributed by atoms with Crippen LogP contribution < -0.4 is 0 Å². The van der Waals surface area contributed by atoms with E-state index in [1.165, 1.54) is 6.33 Å². The lowest BCUT2D eigenvalue weighted by Gasteiger charge is -2.00. The first-order chi connectivity index (χ1) is 10.8. The highest BCUT2D eigenvalue weighted by atomic mass is 35.5. The van der Waals surface area contributed by atoms with Crippen LogP contribution in [0.4, 0.5) is 0 Å². The van der Waals surface area contributed by atoms with Crippen LogP contribution in [0.5, 0.6) is 0 Å². The Morgan fingerprint density at radius 3 is 2.82 bits per heavy atom. The molecule has 3 aromatic heterocycles. The van der Waals surface area contributed by atoms with Gasteiger partial charge in [0, 0.05) is 17.8 Å². The van der Waals surface area contributed by atoms with Crippen LogP contribution >= 0.6 is 11.6 Å². The molecule has 0 radical (unpaired) electrons. The highest BCUT2D eigenvalue weighted by Crippen LogP contribution is 2.23. The van der Waals surface area contributed by atoms with E-state index in [0.29, 0.717) is 11.7 Å². The Morgan fingerprint density at radius 1 is 1.09 bits per heavy atom. The van der Waals surface area contributed by atoms with Gasteiger partial charge in [-0.05, 0) is 6.07 Å². The van der Waals surface area contributed by atoms with Crippen LogP contribution in [0, 0.1) is 0 Å². The first-order valence-electron chi connectivity index (χ1n) is 6.77. The Labute approximate surface area is 131 Å². The van der Waals surface area contributed by atoms with E-state index in [2.05, 4.69) is 15.1 Å². The lowest BCUT2D eigenvalue weighted by Crippen LogP contribution is -1.98. The van der Waals surface area contributed by atoms with Gasteiger partial charge in [0.05, 0.1) is 11.9 Å². The standard InChI is InChI=1S/C16H11ClN4O/c17-15-13-6-7-21(16(13)19-10-18-15)9-12-8-14(20-22-12)11-4-2-1-3-5-11/h1-8,10H,9H2. The van der Waals surface area contributed by atoms with Gasteiger partial charge in [0.2, 0.25) is 0 Å². The zero-order chi connectivity index (χ0) is 14.9. The minimum absolute atomic E-state index is 0.450. The van der Waals surface area contributed by atoms with Crippen molar-refractivity contribution < 1.29 is 4.52 Å². The fraction of sp³-hybridized carbons (Fsp3) is 0.0625. The summed E-state index contributed by atoms with van der Waals surface area (Å²) in [5.41, 5.74) is 2.62. The monoisotopic (exact) mass is 310 g/mol. The first kappa shape index (κ1) is 13.0. The second-order valence-electron chi connectivity index (χ2n) is 4.89. The average Bonchev–Trinajstić information content (AvgIpc) is 3.17. The van der Waals surface area contributed by atoms with E-state index >= 15 is 0 Å². The molecule has 0 atom stereocenters. The summed E-state index contributed by atoms with van der Waals surface area (Å²) in [7, 11) is 0. The molecule has 0 unspecified atom stereocenters. The molecule has 0 saturated carbocycles. The van der Waals surface area contributed by atoms with Gasteiger partial charge >= 0.3 is 0 Å². The number of benzene rings is 1. The number of nitrogens with zero attached hydrogens (tertiary/aromatic N) is 4. The molecule has 1 aromatic carbocycles. The number of halogens is 1. The Balaban J connectivity index is 1.66. The predicted octanol–water partition coefficient (Wildman–Crippen LogP) is 3.79. The third-order valence-corrected chi connectivity index (χ3v) is 3.76. The molecule has 0 N–H and O–H groups in total. The molecule has 0 amide bonds. The Kier molecular flexibility index (Phi) is 3.12. The molecule has 0 aliphatic carbocycles. The second-order valence-corrected chi connectivity index (χ2v) is 5.25. The fourth-order valence-corrected chi connectivity index (χ4v) is 2.59. The molecule has 5 nitrogen and oxygen atoms in total. The third kappa shape index (κ3) is 2.25. The van der Waals surface area contributed by atoms with E-state index in [1.807, 2.05) is 53.2 Å². The Hall–Kier alpha value is -2.66. The van der Waals surface area contributed by atoms with Gasteiger partial charge in [-0.3, -0.25) is 0 Å². The van der Waals surface area contributed by atoms with Crippen molar-refractivity contribution in [3.63, 3.8) is 0 Å². The highest BCUT2D eigenvalue weighted by molar-refractivity contribution is 6.33. The van der Waals surface area contributed by atoms with Crippen molar-refractivity contribution in [3.05, 3.63) is 65.9 Å². The lowest BCUT2D eigenvalue weighted by molar-refractivity contribution is 0.379. The van der Waals surface area contributed by atoms with Crippen molar-refractivity contribution in [3.8, 4) is 11.3 Å². The molecule has 0 aliphatic heterocycles. The van der Waals surface area contributed by atoms with Crippen LogP contribution in [0.15, 0.2) is 59.5 Å². The largest absolute Gasteiger partial charge is 0.359 e. The van der Waals surface area contributed by atoms with Crippen molar-refractivity contribution >= 4 is 22.6 Å². The summed E-state index contributed by atoms with van der Waals surface area (Å²) in [5, 5.41) is 5.39. The SMILES string of the molecule is Clc1ncnc2c1ccn2Cc1cc(-c2ccccc2)no1. The molecule has 108 valence electrons. The number of hydrogen-bond acceptors (Lipinski definition) is 4. The number of fused-ring (bicyclic) bond motifs is 1. The summed E-state index contributed by atoms with van der Waals surface area (Å²) in [4.78, 5) is 8.25. The maximum atomic E-state index is 6.06. The Morgan fingerprint density at radius 2 is 1.95 bits per heavy atom. The molecule has 0 spiro atoms. The molecule has 0 bridgehead atoms. The maximum Gasteiger partial charge on any atom is 0.157 e. The lowest BCUT2D eigenvalue weighted by atomic mass is 10.1. The average molecular weight is 311 g/mol. The van der Waals surface area contributed by atoms with E-state index in [9.17, 15) is 0 Å². The molecule has 4 aromatic rings. The molecule has 22 heavy (non-hydrogen) atoms. The molecule has 0 saturated heterocycles.